The molecule has 1 atom stereocenters. The van der Waals surface area contributed by atoms with Crippen LogP contribution in [0.2, 0.25) is 0 Å². The summed E-state index contributed by atoms with van der Waals surface area (Å²) >= 11 is 0. The summed E-state index contributed by atoms with van der Waals surface area (Å²) in [5, 5.41) is 8.07. The minimum absolute atomic E-state index is 0.0743. The lowest BCUT2D eigenvalue weighted by atomic mass is 9.91. The first kappa shape index (κ1) is 23.5. The molecular weight excluding hydrogens is 412 g/mol. The molecule has 4 rings (SSSR count). The Bertz CT molecular complexity index is 1030. The van der Waals surface area contributed by atoms with Crippen LogP contribution in [0.5, 0.6) is 0 Å². The quantitative estimate of drug-likeness (QED) is 0.684. The molecule has 1 fully saturated rings. The third-order valence-electron chi connectivity index (χ3n) is 7.34. The van der Waals surface area contributed by atoms with E-state index in [4.69, 9.17) is 5.10 Å². The fourth-order valence-corrected chi connectivity index (χ4v) is 4.98. The van der Waals surface area contributed by atoms with Crippen LogP contribution in [0.25, 0.3) is 0 Å². The van der Waals surface area contributed by atoms with Crippen LogP contribution in [0.15, 0.2) is 30.3 Å². The number of carbonyl (C=O) groups is 2. The number of hydrogen-bond donors (Lipinski definition) is 1. The molecule has 2 aromatic rings. The van der Waals surface area contributed by atoms with E-state index < -0.39 is 5.54 Å². The predicted octanol–water partition coefficient (Wildman–Crippen LogP) is 4.74. The smallest absolute Gasteiger partial charge is 0.273 e. The van der Waals surface area contributed by atoms with Gasteiger partial charge in [0.25, 0.3) is 5.91 Å². The second-order valence-electron chi connectivity index (χ2n) is 11.1. The third kappa shape index (κ3) is 4.71. The maximum absolute atomic E-state index is 13.8. The van der Waals surface area contributed by atoms with E-state index in [1.54, 1.807) is 9.58 Å². The summed E-state index contributed by atoms with van der Waals surface area (Å²) in [6, 6.07) is 10.2. The minimum atomic E-state index is -1.01. The van der Waals surface area contributed by atoms with Gasteiger partial charge in [-0.3, -0.25) is 14.3 Å². The van der Waals surface area contributed by atoms with Crippen molar-refractivity contribution in [3.8, 4) is 0 Å². The molecule has 2 heterocycles. The molecule has 6 nitrogen and oxygen atoms in total. The van der Waals surface area contributed by atoms with E-state index in [0.29, 0.717) is 18.8 Å². The molecule has 1 saturated carbocycles. The van der Waals surface area contributed by atoms with Gasteiger partial charge in [0.05, 0.1) is 12.2 Å². The fraction of sp³-hybridized carbons (Fsp3) is 0.593. The number of rotatable bonds is 4. The van der Waals surface area contributed by atoms with Crippen molar-refractivity contribution in [3.63, 3.8) is 0 Å². The Morgan fingerprint density at radius 2 is 1.82 bits per heavy atom. The van der Waals surface area contributed by atoms with Crippen molar-refractivity contribution < 1.29 is 9.59 Å². The van der Waals surface area contributed by atoms with Crippen LogP contribution in [0.1, 0.15) is 93.5 Å². The Morgan fingerprint density at radius 3 is 2.45 bits per heavy atom. The number of nitrogens with one attached hydrogen (secondary N) is 1. The molecule has 1 aromatic carbocycles. The molecule has 2 amide bonds. The summed E-state index contributed by atoms with van der Waals surface area (Å²) in [5.41, 5.74) is 2.42. The van der Waals surface area contributed by atoms with Gasteiger partial charge in [0.15, 0.2) is 0 Å². The van der Waals surface area contributed by atoms with Gasteiger partial charge in [-0.05, 0) is 43.9 Å². The molecule has 1 N–H and O–H groups in total. The number of aryl methyl sites for hydroxylation is 1. The molecule has 6 heteroatoms. The zero-order valence-electron chi connectivity index (χ0n) is 20.8. The van der Waals surface area contributed by atoms with Gasteiger partial charge in [-0.25, -0.2) is 0 Å². The lowest BCUT2D eigenvalue weighted by Crippen LogP contribution is -2.64. The van der Waals surface area contributed by atoms with Crippen LogP contribution in [-0.4, -0.2) is 38.1 Å². The molecular formula is C27H38N4O2. The zero-order valence-corrected chi connectivity index (χ0v) is 20.8. The number of amides is 2. The first-order valence-electron chi connectivity index (χ1n) is 12.4. The highest BCUT2D eigenvalue weighted by molar-refractivity contribution is 5.99. The Labute approximate surface area is 197 Å². The summed E-state index contributed by atoms with van der Waals surface area (Å²) in [7, 11) is 0. The van der Waals surface area contributed by atoms with Crippen molar-refractivity contribution in [2.24, 2.45) is 0 Å². The summed E-state index contributed by atoms with van der Waals surface area (Å²) in [6.45, 7) is 11.0. The molecule has 2 aliphatic rings. The predicted molar refractivity (Wildman–Crippen MR) is 130 cm³/mol. The van der Waals surface area contributed by atoms with Crippen molar-refractivity contribution in [1.29, 1.82) is 0 Å². The maximum atomic E-state index is 13.8. The number of fused-ring (bicyclic) bond motifs is 1. The molecule has 0 bridgehead atoms. The molecule has 1 aromatic heterocycles. The Morgan fingerprint density at radius 1 is 1.15 bits per heavy atom. The van der Waals surface area contributed by atoms with Crippen LogP contribution in [0.3, 0.4) is 0 Å². The largest absolute Gasteiger partial charge is 0.351 e. The number of carbonyl (C=O) groups excluding carboxylic acids is 2. The van der Waals surface area contributed by atoms with Crippen molar-refractivity contribution >= 4 is 11.8 Å². The van der Waals surface area contributed by atoms with Gasteiger partial charge < -0.3 is 10.2 Å². The minimum Gasteiger partial charge on any atom is -0.351 e. The zero-order chi connectivity index (χ0) is 23.8. The highest BCUT2D eigenvalue weighted by Crippen LogP contribution is 2.32. The van der Waals surface area contributed by atoms with Gasteiger partial charge in [0.2, 0.25) is 5.91 Å². The average molecular weight is 451 g/mol. The fourth-order valence-electron chi connectivity index (χ4n) is 4.98. The molecule has 0 spiro atoms. The lowest BCUT2D eigenvalue weighted by molar-refractivity contribution is -0.134. The SMILES string of the molecule is Cc1ccccc1CN1C(=O)c2cc(C(C)(C)C)nn2C[C@]1(C)C(=O)NC1CCCCCC1. The second kappa shape index (κ2) is 8.96. The normalized spacial score (nSPS) is 22.1. The summed E-state index contributed by atoms with van der Waals surface area (Å²) in [4.78, 5) is 29.4. The topological polar surface area (TPSA) is 67.2 Å². The number of benzene rings is 1. The van der Waals surface area contributed by atoms with Gasteiger partial charge in [-0.15, -0.1) is 0 Å². The molecule has 33 heavy (non-hydrogen) atoms. The molecule has 178 valence electrons. The molecule has 0 unspecified atom stereocenters. The van der Waals surface area contributed by atoms with Gasteiger partial charge in [-0.1, -0.05) is 70.7 Å². The van der Waals surface area contributed by atoms with E-state index in [9.17, 15) is 9.59 Å². The van der Waals surface area contributed by atoms with Crippen LogP contribution in [0, 0.1) is 6.92 Å². The maximum Gasteiger partial charge on any atom is 0.273 e. The lowest BCUT2D eigenvalue weighted by Gasteiger charge is -2.44. The van der Waals surface area contributed by atoms with E-state index in [1.807, 2.05) is 31.2 Å². The molecule has 0 radical (unpaired) electrons. The van der Waals surface area contributed by atoms with Gasteiger partial charge in [0.1, 0.15) is 11.2 Å². The Kier molecular flexibility index (Phi) is 6.39. The molecule has 1 aliphatic heterocycles. The van der Waals surface area contributed by atoms with Crippen molar-refractivity contribution in [1.82, 2.24) is 20.0 Å². The second-order valence-corrected chi connectivity index (χ2v) is 11.1. The van der Waals surface area contributed by atoms with Gasteiger partial charge in [-0.2, -0.15) is 5.10 Å². The van der Waals surface area contributed by atoms with Crippen LogP contribution in [0.4, 0.5) is 0 Å². The van der Waals surface area contributed by atoms with E-state index in [-0.39, 0.29) is 23.3 Å². The summed E-state index contributed by atoms with van der Waals surface area (Å²) < 4.78 is 1.75. The number of hydrogen-bond acceptors (Lipinski definition) is 3. The summed E-state index contributed by atoms with van der Waals surface area (Å²) in [5.74, 6) is -0.208. The third-order valence-corrected chi connectivity index (χ3v) is 7.34. The van der Waals surface area contributed by atoms with Crippen molar-refractivity contribution in [2.45, 2.75) is 103 Å². The first-order chi connectivity index (χ1) is 15.6. The van der Waals surface area contributed by atoms with Gasteiger partial charge in [0, 0.05) is 18.0 Å². The monoisotopic (exact) mass is 450 g/mol. The Balaban J connectivity index is 1.71. The van der Waals surface area contributed by atoms with Crippen LogP contribution < -0.4 is 5.32 Å². The van der Waals surface area contributed by atoms with E-state index in [1.165, 1.54) is 12.8 Å². The van der Waals surface area contributed by atoms with Crippen molar-refractivity contribution in [3.05, 3.63) is 52.8 Å². The highest BCUT2D eigenvalue weighted by atomic mass is 16.2. The van der Waals surface area contributed by atoms with Crippen LogP contribution >= 0.6 is 0 Å². The first-order valence-corrected chi connectivity index (χ1v) is 12.4. The van der Waals surface area contributed by atoms with Crippen LogP contribution in [-0.2, 0) is 23.3 Å². The highest BCUT2D eigenvalue weighted by Gasteiger charge is 2.48. The van der Waals surface area contributed by atoms with E-state index >= 15 is 0 Å². The summed E-state index contributed by atoms with van der Waals surface area (Å²) in [6.07, 6.45) is 6.77. The van der Waals surface area contributed by atoms with Gasteiger partial charge >= 0.3 is 0 Å². The number of nitrogens with zero attached hydrogens (tertiary/aromatic N) is 3. The van der Waals surface area contributed by atoms with E-state index in [0.717, 1.165) is 42.5 Å². The Hall–Kier alpha value is -2.63. The standard InChI is InChI=1S/C27H38N4O2/c1-19-12-10-11-13-20(19)17-30-24(32)22-16-23(26(2,3)4)29-31(22)18-27(30,5)25(33)28-21-14-8-6-7-9-15-21/h10-13,16,21H,6-9,14-15,17-18H2,1-5H3,(H,28,33)/t27-/m1/s1. The average Bonchev–Trinajstić information content (AvgIpc) is 3.02. The van der Waals surface area contributed by atoms with Crippen molar-refractivity contribution in [2.75, 3.05) is 0 Å². The molecule has 0 saturated heterocycles. The molecule has 1 aliphatic carbocycles. The number of aromatic nitrogens is 2. The van der Waals surface area contributed by atoms with E-state index in [2.05, 4.69) is 39.1 Å².